The molecule has 1 aromatic heterocycles. The molecule has 3 N–H and O–H groups in total. The second-order valence-corrected chi connectivity index (χ2v) is 5.07. The molecule has 0 spiro atoms. The molecule has 0 unspecified atom stereocenters. The fraction of sp³-hybridized carbons (Fsp3) is 0.500. The van der Waals surface area contributed by atoms with E-state index in [2.05, 4.69) is 9.71 Å². The molecule has 17 heavy (non-hydrogen) atoms. The molecule has 6 nitrogen and oxygen atoms in total. The van der Waals surface area contributed by atoms with Crippen LogP contribution in [0.15, 0.2) is 23.2 Å². The molecule has 1 heterocycles. The normalized spacial score (nSPS) is 11.6. The van der Waals surface area contributed by atoms with Gasteiger partial charge in [0.15, 0.2) is 0 Å². The summed E-state index contributed by atoms with van der Waals surface area (Å²) in [7, 11) is -3.57. The summed E-state index contributed by atoms with van der Waals surface area (Å²) in [4.78, 5) is 3.75. The van der Waals surface area contributed by atoms with Crippen molar-refractivity contribution in [3.05, 3.63) is 18.3 Å². The number of nitrogen functional groups attached to an aromatic ring is 1. The minimum absolute atomic E-state index is 0.00445. The molecule has 1 aromatic rings. The van der Waals surface area contributed by atoms with Crippen LogP contribution in [0.25, 0.3) is 0 Å². The van der Waals surface area contributed by atoms with Crippen molar-refractivity contribution in [3.63, 3.8) is 0 Å². The molecule has 0 bridgehead atoms. The number of ether oxygens (including phenoxy) is 1. The van der Waals surface area contributed by atoms with Crippen LogP contribution in [0.5, 0.6) is 0 Å². The van der Waals surface area contributed by atoms with Crippen molar-refractivity contribution >= 4 is 15.8 Å². The molecule has 0 aliphatic heterocycles. The van der Waals surface area contributed by atoms with Crippen molar-refractivity contribution < 1.29 is 13.2 Å². The van der Waals surface area contributed by atoms with Crippen molar-refractivity contribution in [2.24, 2.45) is 0 Å². The summed E-state index contributed by atoms with van der Waals surface area (Å²) >= 11 is 0. The van der Waals surface area contributed by atoms with Gasteiger partial charge in [0.1, 0.15) is 10.7 Å². The zero-order chi connectivity index (χ0) is 12.7. The van der Waals surface area contributed by atoms with Gasteiger partial charge in [-0.2, -0.15) is 0 Å². The first kappa shape index (κ1) is 13.9. The quantitative estimate of drug-likeness (QED) is 0.690. The van der Waals surface area contributed by atoms with Crippen molar-refractivity contribution in [3.8, 4) is 0 Å². The van der Waals surface area contributed by atoms with Crippen molar-refractivity contribution in [2.45, 2.75) is 18.2 Å². The monoisotopic (exact) mass is 259 g/mol. The van der Waals surface area contributed by atoms with Crippen LogP contribution in [-0.4, -0.2) is 33.2 Å². The van der Waals surface area contributed by atoms with E-state index >= 15 is 0 Å². The van der Waals surface area contributed by atoms with E-state index in [0.717, 1.165) is 0 Å². The van der Waals surface area contributed by atoms with Crippen LogP contribution in [0, 0.1) is 0 Å². The first-order valence-electron chi connectivity index (χ1n) is 5.36. The predicted octanol–water partition coefficient (Wildman–Crippen LogP) is 0.369. The van der Waals surface area contributed by atoms with Gasteiger partial charge in [-0.15, -0.1) is 0 Å². The van der Waals surface area contributed by atoms with E-state index in [1.807, 2.05) is 6.92 Å². The van der Waals surface area contributed by atoms with E-state index in [1.54, 1.807) is 0 Å². The molecule has 0 amide bonds. The Morgan fingerprint density at radius 1 is 1.53 bits per heavy atom. The Hall–Kier alpha value is -1.18. The number of nitrogens with two attached hydrogens (primary N) is 1. The molecule has 96 valence electrons. The average molecular weight is 259 g/mol. The fourth-order valence-corrected chi connectivity index (χ4v) is 2.39. The highest BCUT2D eigenvalue weighted by atomic mass is 32.2. The van der Waals surface area contributed by atoms with Gasteiger partial charge in [-0.25, -0.2) is 18.1 Å². The molecule has 0 aliphatic rings. The third-order valence-electron chi connectivity index (χ3n) is 2.05. The summed E-state index contributed by atoms with van der Waals surface area (Å²) in [6.07, 6.45) is 2.07. The van der Waals surface area contributed by atoms with Gasteiger partial charge < -0.3 is 10.5 Å². The average Bonchev–Trinajstić information content (AvgIpc) is 2.29. The lowest BCUT2D eigenvalue weighted by Crippen LogP contribution is -2.26. The zero-order valence-corrected chi connectivity index (χ0v) is 10.5. The smallest absolute Gasteiger partial charge is 0.244 e. The van der Waals surface area contributed by atoms with Gasteiger partial charge in [-0.1, -0.05) is 0 Å². The molecular weight excluding hydrogens is 242 g/mol. The van der Waals surface area contributed by atoms with E-state index in [0.29, 0.717) is 26.2 Å². The molecule has 0 saturated carbocycles. The molecule has 0 aliphatic carbocycles. The van der Waals surface area contributed by atoms with Gasteiger partial charge >= 0.3 is 0 Å². The Kier molecular flexibility index (Phi) is 5.33. The lowest BCUT2D eigenvalue weighted by Gasteiger charge is -2.08. The highest BCUT2D eigenvalue weighted by molar-refractivity contribution is 7.89. The van der Waals surface area contributed by atoms with Crippen LogP contribution >= 0.6 is 0 Å². The summed E-state index contributed by atoms with van der Waals surface area (Å²) in [6, 6.07) is 2.96. The lowest BCUT2D eigenvalue weighted by atomic mass is 10.5. The van der Waals surface area contributed by atoms with Crippen LogP contribution < -0.4 is 10.5 Å². The van der Waals surface area contributed by atoms with Gasteiger partial charge in [-0.3, -0.25) is 0 Å². The summed E-state index contributed by atoms with van der Waals surface area (Å²) in [5, 5.41) is 0. The fourth-order valence-electron chi connectivity index (χ4n) is 1.23. The molecule has 0 fully saturated rings. The summed E-state index contributed by atoms with van der Waals surface area (Å²) in [5.74, 6) is 0.00445. The summed E-state index contributed by atoms with van der Waals surface area (Å²) in [5.41, 5.74) is 5.50. The number of sulfonamides is 1. The number of hydrogen-bond donors (Lipinski definition) is 2. The van der Waals surface area contributed by atoms with Gasteiger partial charge in [-0.05, 0) is 25.5 Å². The number of rotatable bonds is 7. The van der Waals surface area contributed by atoms with E-state index in [9.17, 15) is 8.42 Å². The Morgan fingerprint density at radius 3 is 2.94 bits per heavy atom. The van der Waals surface area contributed by atoms with Gasteiger partial charge in [0.25, 0.3) is 0 Å². The van der Waals surface area contributed by atoms with Gasteiger partial charge in [0.2, 0.25) is 10.0 Å². The molecule has 0 saturated heterocycles. The second kappa shape index (κ2) is 6.53. The predicted molar refractivity (Wildman–Crippen MR) is 64.9 cm³/mol. The van der Waals surface area contributed by atoms with Crippen molar-refractivity contribution in [1.29, 1.82) is 0 Å². The first-order chi connectivity index (χ1) is 8.08. The minimum atomic E-state index is -3.57. The zero-order valence-electron chi connectivity index (χ0n) is 9.72. The van der Waals surface area contributed by atoms with E-state index in [4.69, 9.17) is 10.5 Å². The maximum Gasteiger partial charge on any atom is 0.244 e. The number of nitrogens with one attached hydrogen (secondary N) is 1. The van der Waals surface area contributed by atoms with Gasteiger partial charge in [0, 0.05) is 26.0 Å². The molecule has 0 aromatic carbocycles. The first-order valence-corrected chi connectivity index (χ1v) is 6.84. The van der Waals surface area contributed by atoms with Crippen LogP contribution in [0.4, 0.5) is 5.82 Å². The highest BCUT2D eigenvalue weighted by Gasteiger charge is 2.16. The largest absolute Gasteiger partial charge is 0.383 e. The van der Waals surface area contributed by atoms with E-state index in [-0.39, 0.29) is 10.7 Å². The Labute approximate surface area is 101 Å². The standard InChI is InChI=1S/C10H17N3O3S/c1-2-16-8-4-7-13-17(14,15)9-5-3-6-12-10(9)11/h3,5-6,13H,2,4,7-8H2,1H3,(H2,11,12). The topological polar surface area (TPSA) is 94.3 Å². The third kappa shape index (κ3) is 4.29. The minimum Gasteiger partial charge on any atom is -0.383 e. The Balaban J connectivity index is 2.55. The molecule has 0 atom stereocenters. The number of aromatic nitrogens is 1. The van der Waals surface area contributed by atoms with Crippen LogP contribution in [0.1, 0.15) is 13.3 Å². The second-order valence-electron chi connectivity index (χ2n) is 3.34. The number of nitrogens with zero attached hydrogens (tertiary/aromatic N) is 1. The van der Waals surface area contributed by atoms with Crippen LogP contribution in [0.3, 0.4) is 0 Å². The lowest BCUT2D eigenvalue weighted by molar-refractivity contribution is 0.146. The SMILES string of the molecule is CCOCCCNS(=O)(=O)c1cccnc1N. The van der Waals surface area contributed by atoms with E-state index in [1.165, 1.54) is 18.3 Å². The molecule has 1 rings (SSSR count). The van der Waals surface area contributed by atoms with Gasteiger partial charge in [0.05, 0.1) is 0 Å². The summed E-state index contributed by atoms with van der Waals surface area (Å²) < 4.78 is 31.2. The maximum absolute atomic E-state index is 11.8. The molecule has 0 radical (unpaired) electrons. The number of hydrogen-bond acceptors (Lipinski definition) is 5. The highest BCUT2D eigenvalue weighted by Crippen LogP contribution is 2.13. The Bertz CT molecular complexity index is 448. The van der Waals surface area contributed by atoms with Crippen molar-refractivity contribution in [2.75, 3.05) is 25.5 Å². The third-order valence-corrected chi connectivity index (χ3v) is 3.56. The van der Waals surface area contributed by atoms with Crippen LogP contribution in [-0.2, 0) is 14.8 Å². The van der Waals surface area contributed by atoms with E-state index < -0.39 is 10.0 Å². The maximum atomic E-state index is 11.8. The Morgan fingerprint density at radius 2 is 2.29 bits per heavy atom. The summed E-state index contributed by atoms with van der Waals surface area (Å²) in [6.45, 7) is 3.36. The number of pyridine rings is 1. The van der Waals surface area contributed by atoms with Crippen molar-refractivity contribution in [1.82, 2.24) is 9.71 Å². The molecular formula is C10H17N3O3S. The van der Waals surface area contributed by atoms with Crippen LogP contribution in [0.2, 0.25) is 0 Å². The molecule has 7 heteroatoms. The number of anilines is 1.